The van der Waals surface area contributed by atoms with Gasteiger partial charge in [-0.15, -0.1) is 0 Å². The molecule has 5 nitrogen and oxygen atoms in total. The van der Waals surface area contributed by atoms with Crippen molar-refractivity contribution in [3.63, 3.8) is 0 Å². The molecule has 5 heteroatoms. The number of rotatable bonds is 4. The minimum absolute atomic E-state index is 0.483. The van der Waals surface area contributed by atoms with Crippen LogP contribution in [0.15, 0.2) is 16.7 Å². The zero-order valence-corrected chi connectivity index (χ0v) is 11.9. The van der Waals surface area contributed by atoms with Crippen LogP contribution in [0.5, 0.6) is 0 Å². The zero-order chi connectivity index (χ0) is 14.0. The number of nitrogens with two attached hydrogens (primary N) is 1. The van der Waals surface area contributed by atoms with Crippen LogP contribution in [0.3, 0.4) is 0 Å². The van der Waals surface area contributed by atoms with E-state index in [0.717, 1.165) is 29.8 Å². The van der Waals surface area contributed by atoms with E-state index in [0.29, 0.717) is 11.7 Å². The second-order valence-electron chi connectivity index (χ2n) is 4.87. The Morgan fingerprint density at radius 1 is 1.16 bits per heavy atom. The van der Waals surface area contributed by atoms with E-state index < -0.39 is 5.54 Å². The molecule has 0 amide bonds. The van der Waals surface area contributed by atoms with Gasteiger partial charge in [0.25, 0.3) is 5.89 Å². The summed E-state index contributed by atoms with van der Waals surface area (Å²) >= 11 is 0. The van der Waals surface area contributed by atoms with E-state index in [-0.39, 0.29) is 0 Å². The molecule has 0 unspecified atom stereocenters. The molecule has 0 aliphatic carbocycles. The fraction of sp³-hybridized carbons (Fsp3) is 0.500. The molecule has 0 saturated carbocycles. The SMILES string of the molecule is CCC(N)(CC)c1noc(-c2ccc(C)nc2C)n1. The van der Waals surface area contributed by atoms with E-state index in [9.17, 15) is 0 Å². The highest BCUT2D eigenvalue weighted by Gasteiger charge is 2.29. The van der Waals surface area contributed by atoms with Gasteiger partial charge in [-0.2, -0.15) is 4.98 Å². The van der Waals surface area contributed by atoms with Crippen molar-refractivity contribution in [2.75, 3.05) is 0 Å². The van der Waals surface area contributed by atoms with Crippen molar-refractivity contribution >= 4 is 0 Å². The molecule has 2 rings (SSSR count). The lowest BCUT2D eigenvalue weighted by Gasteiger charge is -2.21. The maximum atomic E-state index is 6.27. The molecule has 19 heavy (non-hydrogen) atoms. The highest BCUT2D eigenvalue weighted by atomic mass is 16.5. The molecule has 2 aromatic heterocycles. The predicted octanol–water partition coefficient (Wildman–Crippen LogP) is 2.72. The van der Waals surface area contributed by atoms with Gasteiger partial charge in [-0.05, 0) is 38.8 Å². The fourth-order valence-electron chi connectivity index (χ4n) is 2.01. The lowest BCUT2D eigenvalue weighted by atomic mass is 9.93. The van der Waals surface area contributed by atoms with Gasteiger partial charge in [-0.25, -0.2) is 0 Å². The van der Waals surface area contributed by atoms with E-state index in [1.807, 2.05) is 39.8 Å². The van der Waals surface area contributed by atoms with Crippen LogP contribution in [0, 0.1) is 13.8 Å². The van der Waals surface area contributed by atoms with Crippen LogP contribution >= 0.6 is 0 Å². The maximum absolute atomic E-state index is 6.27. The Morgan fingerprint density at radius 2 is 1.84 bits per heavy atom. The standard InChI is InChI=1S/C14H20N4O/c1-5-14(15,6-2)13-17-12(19-18-13)11-8-7-9(3)16-10(11)4/h7-8H,5-6,15H2,1-4H3. The van der Waals surface area contributed by atoms with Gasteiger partial charge >= 0.3 is 0 Å². The maximum Gasteiger partial charge on any atom is 0.259 e. The van der Waals surface area contributed by atoms with Gasteiger partial charge in [0.1, 0.15) is 0 Å². The molecular formula is C14H20N4O. The first-order chi connectivity index (χ1) is 9.00. The normalized spacial score (nSPS) is 11.8. The van der Waals surface area contributed by atoms with E-state index in [2.05, 4.69) is 15.1 Å². The van der Waals surface area contributed by atoms with Crippen LogP contribution < -0.4 is 5.73 Å². The Hall–Kier alpha value is -1.75. The quantitative estimate of drug-likeness (QED) is 0.914. The first-order valence-corrected chi connectivity index (χ1v) is 6.58. The Balaban J connectivity index is 2.41. The molecule has 0 radical (unpaired) electrons. The summed E-state index contributed by atoms with van der Waals surface area (Å²) in [7, 11) is 0. The van der Waals surface area contributed by atoms with E-state index in [1.54, 1.807) is 0 Å². The van der Waals surface area contributed by atoms with Gasteiger partial charge in [0, 0.05) is 5.69 Å². The molecule has 0 saturated heterocycles. The summed E-state index contributed by atoms with van der Waals surface area (Å²) in [6, 6.07) is 3.88. The number of aryl methyl sites for hydroxylation is 2. The molecule has 0 aliphatic heterocycles. The third-order valence-corrected chi connectivity index (χ3v) is 3.59. The van der Waals surface area contributed by atoms with Crippen LogP contribution in [-0.4, -0.2) is 15.1 Å². The topological polar surface area (TPSA) is 77.8 Å². The van der Waals surface area contributed by atoms with Crippen molar-refractivity contribution in [3.8, 4) is 11.5 Å². The van der Waals surface area contributed by atoms with E-state index >= 15 is 0 Å². The summed E-state index contributed by atoms with van der Waals surface area (Å²) in [5.74, 6) is 1.05. The van der Waals surface area contributed by atoms with Gasteiger partial charge in [-0.3, -0.25) is 4.98 Å². The molecule has 2 aromatic rings. The van der Waals surface area contributed by atoms with Crippen molar-refractivity contribution in [2.24, 2.45) is 5.73 Å². The lowest BCUT2D eigenvalue weighted by Crippen LogP contribution is -2.36. The molecule has 0 fully saturated rings. The minimum Gasteiger partial charge on any atom is -0.334 e. The monoisotopic (exact) mass is 260 g/mol. The van der Waals surface area contributed by atoms with E-state index in [4.69, 9.17) is 10.3 Å². The van der Waals surface area contributed by atoms with Crippen LogP contribution in [0.1, 0.15) is 43.9 Å². The summed E-state index contributed by atoms with van der Waals surface area (Å²) in [4.78, 5) is 8.84. The summed E-state index contributed by atoms with van der Waals surface area (Å²) in [6.07, 6.45) is 1.54. The van der Waals surface area contributed by atoms with E-state index in [1.165, 1.54) is 0 Å². The molecule has 2 heterocycles. The van der Waals surface area contributed by atoms with Gasteiger partial charge < -0.3 is 10.3 Å². The third-order valence-electron chi connectivity index (χ3n) is 3.59. The highest BCUT2D eigenvalue weighted by molar-refractivity contribution is 5.56. The van der Waals surface area contributed by atoms with Gasteiger partial charge in [-0.1, -0.05) is 19.0 Å². The Morgan fingerprint density at radius 3 is 2.42 bits per heavy atom. The zero-order valence-electron chi connectivity index (χ0n) is 11.9. The largest absolute Gasteiger partial charge is 0.334 e. The summed E-state index contributed by atoms with van der Waals surface area (Å²) < 4.78 is 5.34. The Bertz CT molecular complexity index is 573. The smallest absolute Gasteiger partial charge is 0.259 e. The molecule has 2 N–H and O–H groups in total. The van der Waals surface area contributed by atoms with Crippen molar-refractivity contribution in [1.29, 1.82) is 0 Å². The number of aromatic nitrogens is 3. The number of pyridine rings is 1. The molecular weight excluding hydrogens is 240 g/mol. The highest BCUT2D eigenvalue weighted by Crippen LogP contribution is 2.27. The van der Waals surface area contributed by atoms with Crippen LogP contribution in [0.4, 0.5) is 0 Å². The first-order valence-electron chi connectivity index (χ1n) is 6.58. The van der Waals surface area contributed by atoms with Crippen LogP contribution in [0.2, 0.25) is 0 Å². The lowest BCUT2D eigenvalue weighted by molar-refractivity contribution is 0.350. The Kier molecular flexibility index (Phi) is 3.66. The predicted molar refractivity (Wildman–Crippen MR) is 73.5 cm³/mol. The number of hydrogen-bond donors (Lipinski definition) is 1. The van der Waals surface area contributed by atoms with Crippen molar-refractivity contribution in [1.82, 2.24) is 15.1 Å². The van der Waals surface area contributed by atoms with Crippen molar-refractivity contribution in [3.05, 3.63) is 29.3 Å². The molecule has 0 aliphatic rings. The number of hydrogen-bond acceptors (Lipinski definition) is 5. The molecule has 0 atom stereocenters. The molecule has 102 valence electrons. The van der Waals surface area contributed by atoms with Gasteiger partial charge in [0.2, 0.25) is 0 Å². The first kappa shape index (κ1) is 13.7. The average Bonchev–Trinajstić information content (AvgIpc) is 2.88. The summed E-state index contributed by atoms with van der Waals surface area (Å²) in [5, 5.41) is 4.03. The molecule has 0 aromatic carbocycles. The summed E-state index contributed by atoms with van der Waals surface area (Å²) in [6.45, 7) is 7.94. The van der Waals surface area contributed by atoms with Gasteiger partial charge in [0.05, 0.1) is 16.8 Å². The van der Waals surface area contributed by atoms with Gasteiger partial charge in [0.15, 0.2) is 5.82 Å². The Labute approximate surface area is 113 Å². The fourth-order valence-corrected chi connectivity index (χ4v) is 2.01. The summed E-state index contributed by atoms with van der Waals surface area (Å²) in [5.41, 5.74) is 8.46. The van der Waals surface area contributed by atoms with Crippen LogP contribution in [0.25, 0.3) is 11.5 Å². The second kappa shape index (κ2) is 5.09. The molecule has 0 spiro atoms. The third kappa shape index (κ3) is 2.51. The average molecular weight is 260 g/mol. The van der Waals surface area contributed by atoms with Crippen molar-refractivity contribution < 1.29 is 4.52 Å². The minimum atomic E-state index is -0.520. The number of nitrogens with zero attached hydrogens (tertiary/aromatic N) is 3. The second-order valence-corrected chi connectivity index (χ2v) is 4.87. The van der Waals surface area contributed by atoms with Crippen LogP contribution in [-0.2, 0) is 5.54 Å². The van der Waals surface area contributed by atoms with Crippen molar-refractivity contribution in [2.45, 2.75) is 46.1 Å². The molecule has 0 bridgehead atoms.